The van der Waals surface area contributed by atoms with Crippen LogP contribution >= 0.6 is 11.6 Å². The lowest BCUT2D eigenvalue weighted by Gasteiger charge is -2.19. The molecule has 2 heteroatoms. The standard InChI is InChI=1S/C16H24ClN/c1-2-16(14-7-9-15(17)10-8-14)18-12-11-13-5-3-4-6-13/h7-10,13,16,18H,2-6,11-12H2,1H3. The molecule has 1 aliphatic carbocycles. The molecule has 1 saturated carbocycles. The molecule has 18 heavy (non-hydrogen) atoms. The first-order valence-electron chi connectivity index (χ1n) is 7.28. The molecule has 100 valence electrons. The Hall–Kier alpha value is -0.530. The highest BCUT2D eigenvalue weighted by Crippen LogP contribution is 2.27. The summed E-state index contributed by atoms with van der Waals surface area (Å²) in [6, 6.07) is 8.72. The summed E-state index contributed by atoms with van der Waals surface area (Å²) >= 11 is 5.93. The highest BCUT2D eigenvalue weighted by molar-refractivity contribution is 6.30. The van der Waals surface area contributed by atoms with Gasteiger partial charge in [-0.1, -0.05) is 56.3 Å². The van der Waals surface area contributed by atoms with Crippen LogP contribution in [0.1, 0.15) is 57.1 Å². The van der Waals surface area contributed by atoms with E-state index < -0.39 is 0 Å². The van der Waals surface area contributed by atoms with Crippen LogP contribution in [0.3, 0.4) is 0 Å². The predicted molar refractivity (Wildman–Crippen MR) is 79.1 cm³/mol. The molecule has 0 heterocycles. The summed E-state index contributed by atoms with van der Waals surface area (Å²) in [5.74, 6) is 0.972. The van der Waals surface area contributed by atoms with Gasteiger partial charge in [-0.15, -0.1) is 0 Å². The van der Waals surface area contributed by atoms with E-state index in [0.29, 0.717) is 6.04 Å². The Bertz CT molecular complexity index is 341. The molecule has 0 saturated heterocycles. The fraction of sp³-hybridized carbons (Fsp3) is 0.625. The second kappa shape index (κ2) is 7.16. The van der Waals surface area contributed by atoms with E-state index >= 15 is 0 Å². The zero-order chi connectivity index (χ0) is 12.8. The lowest BCUT2D eigenvalue weighted by Crippen LogP contribution is -2.23. The zero-order valence-electron chi connectivity index (χ0n) is 11.3. The maximum atomic E-state index is 5.93. The first kappa shape index (κ1) is 13.9. The monoisotopic (exact) mass is 265 g/mol. The molecule has 1 aromatic carbocycles. The molecule has 1 unspecified atom stereocenters. The van der Waals surface area contributed by atoms with Crippen molar-refractivity contribution in [3.63, 3.8) is 0 Å². The number of nitrogens with one attached hydrogen (secondary N) is 1. The second-order valence-corrected chi connectivity index (χ2v) is 5.84. The third-order valence-electron chi connectivity index (χ3n) is 4.10. The largest absolute Gasteiger partial charge is 0.310 e. The first-order valence-corrected chi connectivity index (χ1v) is 7.66. The van der Waals surface area contributed by atoms with Crippen LogP contribution in [0.4, 0.5) is 0 Å². The van der Waals surface area contributed by atoms with Gasteiger partial charge in [0.2, 0.25) is 0 Å². The van der Waals surface area contributed by atoms with Gasteiger partial charge >= 0.3 is 0 Å². The van der Waals surface area contributed by atoms with Gasteiger partial charge in [-0.25, -0.2) is 0 Å². The molecular weight excluding hydrogens is 242 g/mol. The topological polar surface area (TPSA) is 12.0 Å². The molecule has 0 radical (unpaired) electrons. The molecule has 1 aromatic rings. The van der Waals surface area contributed by atoms with Crippen LogP contribution in [0.25, 0.3) is 0 Å². The van der Waals surface area contributed by atoms with Crippen LogP contribution in [0.15, 0.2) is 24.3 Å². The van der Waals surface area contributed by atoms with Gasteiger partial charge in [-0.2, -0.15) is 0 Å². The van der Waals surface area contributed by atoms with Gasteiger partial charge in [0.25, 0.3) is 0 Å². The SMILES string of the molecule is CCC(NCCC1CCCC1)c1ccc(Cl)cc1. The maximum Gasteiger partial charge on any atom is 0.0406 e. The first-order chi connectivity index (χ1) is 8.79. The summed E-state index contributed by atoms with van der Waals surface area (Å²) in [5.41, 5.74) is 1.35. The van der Waals surface area contributed by atoms with Crippen molar-refractivity contribution in [2.24, 2.45) is 5.92 Å². The van der Waals surface area contributed by atoms with Crippen molar-refractivity contribution in [1.29, 1.82) is 0 Å². The summed E-state index contributed by atoms with van der Waals surface area (Å²) in [4.78, 5) is 0. The molecule has 1 atom stereocenters. The average molecular weight is 266 g/mol. The molecule has 1 N–H and O–H groups in total. The second-order valence-electron chi connectivity index (χ2n) is 5.41. The smallest absolute Gasteiger partial charge is 0.0406 e. The molecule has 1 fully saturated rings. The minimum atomic E-state index is 0.476. The predicted octanol–water partition coefficient (Wildman–Crippen LogP) is 4.96. The van der Waals surface area contributed by atoms with Crippen LogP contribution in [-0.4, -0.2) is 6.54 Å². The van der Waals surface area contributed by atoms with Gasteiger partial charge < -0.3 is 5.32 Å². The lowest BCUT2D eigenvalue weighted by molar-refractivity contribution is 0.438. The third kappa shape index (κ3) is 4.00. The minimum Gasteiger partial charge on any atom is -0.310 e. The van der Waals surface area contributed by atoms with Gasteiger partial charge in [0.05, 0.1) is 0 Å². The van der Waals surface area contributed by atoms with Gasteiger partial charge in [0, 0.05) is 11.1 Å². The van der Waals surface area contributed by atoms with Crippen LogP contribution in [0.2, 0.25) is 5.02 Å². The fourth-order valence-electron chi connectivity index (χ4n) is 2.95. The summed E-state index contributed by atoms with van der Waals surface area (Å²) in [7, 11) is 0. The molecular formula is C16H24ClN. The highest BCUT2D eigenvalue weighted by Gasteiger charge is 2.15. The van der Waals surface area contributed by atoms with Crippen molar-refractivity contribution < 1.29 is 0 Å². The Labute approximate surface area is 116 Å². The molecule has 0 amide bonds. The Morgan fingerprint density at radius 3 is 2.50 bits per heavy atom. The molecule has 2 rings (SSSR count). The molecule has 1 aliphatic rings. The summed E-state index contributed by atoms with van der Waals surface area (Å²) in [6.07, 6.45) is 8.24. The normalized spacial score (nSPS) is 18.1. The highest BCUT2D eigenvalue weighted by atomic mass is 35.5. The Balaban J connectivity index is 1.79. The average Bonchev–Trinajstić information content (AvgIpc) is 2.89. The van der Waals surface area contributed by atoms with Gasteiger partial charge in [-0.3, -0.25) is 0 Å². The maximum absolute atomic E-state index is 5.93. The van der Waals surface area contributed by atoms with Gasteiger partial charge in [0.1, 0.15) is 0 Å². The number of rotatable bonds is 6. The van der Waals surface area contributed by atoms with Crippen molar-refractivity contribution in [3.8, 4) is 0 Å². The lowest BCUT2D eigenvalue weighted by atomic mass is 10.0. The molecule has 0 aromatic heterocycles. The van der Waals surface area contributed by atoms with E-state index in [1.165, 1.54) is 37.7 Å². The van der Waals surface area contributed by atoms with Crippen molar-refractivity contribution >= 4 is 11.6 Å². The van der Waals surface area contributed by atoms with E-state index in [2.05, 4.69) is 24.4 Å². The van der Waals surface area contributed by atoms with Crippen LogP contribution in [-0.2, 0) is 0 Å². The van der Waals surface area contributed by atoms with Crippen molar-refractivity contribution in [1.82, 2.24) is 5.32 Å². The number of benzene rings is 1. The molecule has 0 spiro atoms. The van der Waals surface area contributed by atoms with Gasteiger partial charge in [0.15, 0.2) is 0 Å². The summed E-state index contributed by atoms with van der Waals surface area (Å²) < 4.78 is 0. The Kier molecular flexibility index (Phi) is 5.52. The number of hydrogen-bond donors (Lipinski definition) is 1. The Morgan fingerprint density at radius 1 is 1.22 bits per heavy atom. The van der Waals surface area contributed by atoms with E-state index in [4.69, 9.17) is 11.6 Å². The molecule has 0 bridgehead atoms. The summed E-state index contributed by atoms with van der Waals surface area (Å²) in [6.45, 7) is 3.38. The van der Waals surface area contributed by atoms with E-state index in [-0.39, 0.29) is 0 Å². The Morgan fingerprint density at radius 2 is 1.89 bits per heavy atom. The van der Waals surface area contributed by atoms with E-state index in [1.54, 1.807) is 0 Å². The van der Waals surface area contributed by atoms with Crippen LogP contribution < -0.4 is 5.32 Å². The van der Waals surface area contributed by atoms with Crippen LogP contribution in [0.5, 0.6) is 0 Å². The minimum absolute atomic E-state index is 0.476. The van der Waals surface area contributed by atoms with Crippen molar-refractivity contribution in [3.05, 3.63) is 34.9 Å². The molecule has 1 nitrogen and oxygen atoms in total. The van der Waals surface area contributed by atoms with Crippen LogP contribution in [0, 0.1) is 5.92 Å². The van der Waals surface area contributed by atoms with E-state index in [1.807, 2.05) is 12.1 Å². The quantitative estimate of drug-likeness (QED) is 0.766. The zero-order valence-corrected chi connectivity index (χ0v) is 12.0. The van der Waals surface area contributed by atoms with Gasteiger partial charge in [-0.05, 0) is 43.0 Å². The van der Waals surface area contributed by atoms with E-state index in [9.17, 15) is 0 Å². The number of hydrogen-bond acceptors (Lipinski definition) is 1. The van der Waals surface area contributed by atoms with E-state index in [0.717, 1.165) is 23.9 Å². The third-order valence-corrected chi connectivity index (χ3v) is 4.35. The number of halogens is 1. The fourth-order valence-corrected chi connectivity index (χ4v) is 3.08. The van der Waals surface area contributed by atoms with Crippen molar-refractivity contribution in [2.75, 3.05) is 6.54 Å². The summed E-state index contributed by atoms with van der Waals surface area (Å²) in [5, 5.41) is 4.51. The van der Waals surface area contributed by atoms with Crippen molar-refractivity contribution in [2.45, 2.75) is 51.5 Å². The molecule has 0 aliphatic heterocycles.